The highest BCUT2D eigenvalue weighted by Gasteiger charge is 2.43. The van der Waals surface area contributed by atoms with Crippen LogP contribution in [0.25, 0.3) is 11.2 Å². The molecule has 0 spiro atoms. The number of imidazole rings is 1. The number of aliphatic hydroxyl groups excluding tert-OH is 3. The highest BCUT2D eigenvalue weighted by molar-refractivity contribution is 7.58. The largest absolute Gasteiger partial charge is 0.756 e. The third-order valence-corrected chi connectivity index (χ3v) is 3.31. The zero-order chi connectivity index (χ0) is 13.6. The average Bonchev–Trinajstić information content (AvgIpc) is 2.94. The number of hydrogen-bond acceptors (Lipinski definition) is 9. The van der Waals surface area contributed by atoms with E-state index in [1.54, 1.807) is 0 Å². The molecule has 3 N–H and O–H groups in total. The van der Waals surface area contributed by atoms with Crippen LogP contribution in [0.5, 0.6) is 0 Å². The van der Waals surface area contributed by atoms with Gasteiger partial charge in [-0.05, 0) is 10.2 Å². The van der Waals surface area contributed by atoms with E-state index < -0.39 is 31.1 Å². The zero-order valence-corrected chi connectivity index (χ0v) is 10.3. The lowest BCUT2D eigenvalue weighted by atomic mass is 10.1. The van der Waals surface area contributed by atoms with E-state index in [-0.39, 0.29) is 5.03 Å². The Kier molecular flexibility index (Phi) is 3.03. The van der Waals surface area contributed by atoms with Gasteiger partial charge >= 0.3 is 0 Å². The molecule has 3 heterocycles. The zero-order valence-electron chi connectivity index (χ0n) is 9.49. The molecular weight excluding hydrogens is 274 g/mol. The summed E-state index contributed by atoms with van der Waals surface area (Å²) in [5, 5.41) is 39.8. The molecule has 19 heavy (non-hydrogen) atoms. The first-order valence-electron chi connectivity index (χ1n) is 5.49. The highest BCUT2D eigenvalue weighted by atomic mass is 32.1. The molecular formula is C9H10N5O4S-. The van der Waals surface area contributed by atoms with Crippen LogP contribution in [0.15, 0.2) is 11.4 Å². The van der Waals surface area contributed by atoms with Crippen molar-refractivity contribution < 1.29 is 20.1 Å². The van der Waals surface area contributed by atoms with E-state index in [9.17, 15) is 10.2 Å². The van der Waals surface area contributed by atoms with Crippen molar-refractivity contribution in [3.8, 4) is 0 Å². The lowest BCUT2D eigenvalue weighted by Gasteiger charge is -2.16. The molecule has 0 aliphatic carbocycles. The van der Waals surface area contributed by atoms with Gasteiger partial charge in [-0.2, -0.15) is 5.10 Å². The Morgan fingerprint density at radius 3 is 2.79 bits per heavy atom. The van der Waals surface area contributed by atoms with Gasteiger partial charge in [0.05, 0.1) is 12.9 Å². The van der Waals surface area contributed by atoms with Gasteiger partial charge in [0.2, 0.25) is 0 Å². The van der Waals surface area contributed by atoms with Crippen LogP contribution in [-0.2, 0) is 17.4 Å². The second kappa shape index (κ2) is 4.58. The molecule has 0 saturated carbocycles. The average molecular weight is 284 g/mol. The van der Waals surface area contributed by atoms with Crippen LogP contribution >= 0.6 is 0 Å². The monoisotopic (exact) mass is 284 g/mol. The third kappa shape index (κ3) is 1.84. The fraction of sp³-hybridized carbons (Fsp3) is 0.556. The van der Waals surface area contributed by atoms with E-state index in [1.807, 2.05) is 0 Å². The fourth-order valence-electron chi connectivity index (χ4n) is 2.05. The van der Waals surface area contributed by atoms with Crippen molar-refractivity contribution in [3.05, 3.63) is 6.33 Å². The van der Waals surface area contributed by atoms with Gasteiger partial charge in [-0.1, -0.05) is 0 Å². The van der Waals surface area contributed by atoms with Crippen LogP contribution in [0, 0.1) is 0 Å². The molecule has 9 nitrogen and oxygen atoms in total. The van der Waals surface area contributed by atoms with Crippen LogP contribution < -0.4 is 0 Å². The van der Waals surface area contributed by atoms with Crippen molar-refractivity contribution in [2.24, 2.45) is 0 Å². The number of fused-ring (bicyclic) bond motifs is 1. The topological polar surface area (TPSA) is 126 Å². The smallest absolute Gasteiger partial charge is 0.186 e. The number of ether oxygens (including phenoxy) is 1. The summed E-state index contributed by atoms with van der Waals surface area (Å²) < 4.78 is 6.78. The SMILES string of the molecule is OC[C@H]1O[C@@H](n2cnc3c([S-])nnnc32)[C@H](O)[C@@H]1O. The first-order chi connectivity index (χ1) is 9.13. The van der Waals surface area contributed by atoms with Gasteiger partial charge in [-0.3, -0.25) is 4.57 Å². The van der Waals surface area contributed by atoms with E-state index in [0.29, 0.717) is 11.2 Å². The van der Waals surface area contributed by atoms with E-state index in [0.717, 1.165) is 0 Å². The van der Waals surface area contributed by atoms with Crippen LogP contribution in [0.2, 0.25) is 0 Å². The van der Waals surface area contributed by atoms with Crippen molar-refractivity contribution >= 4 is 23.8 Å². The molecule has 1 aliphatic rings. The minimum absolute atomic E-state index is 0.190. The maximum absolute atomic E-state index is 9.93. The highest BCUT2D eigenvalue weighted by Crippen LogP contribution is 2.31. The lowest BCUT2D eigenvalue weighted by molar-refractivity contribution is -0.0511. The van der Waals surface area contributed by atoms with Gasteiger partial charge in [0.1, 0.15) is 23.8 Å². The van der Waals surface area contributed by atoms with E-state index in [4.69, 9.17) is 22.5 Å². The van der Waals surface area contributed by atoms with Gasteiger partial charge in [0.25, 0.3) is 0 Å². The molecule has 0 bridgehead atoms. The number of aliphatic hydroxyl groups is 3. The molecule has 4 atom stereocenters. The van der Waals surface area contributed by atoms with Gasteiger partial charge in [-0.25, -0.2) is 4.98 Å². The summed E-state index contributed by atoms with van der Waals surface area (Å²) in [6.45, 7) is -0.402. The second-order valence-corrected chi connectivity index (χ2v) is 4.53. The first-order valence-corrected chi connectivity index (χ1v) is 5.89. The second-order valence-electron chi connectivity index (χ2n) is 4.15. The van der Waals surface area contributed by atoms with Gasteiger partial charge in [-0.15, -0.1) is 5.10 Å². The lowest BCUT2D eigenvalue weighted by Crippen LogP contribution is -2.33. The van der Waals surface area contributed by atoms with Crippen molar-refractivity contribution in [1.29, 1.82) is 0 Å². The number of rotatable bonds is 2. The van der Waals surface area contributed by atoms with Crippen molar-refractivity contribution in [2.45, 2.75) is 29.6 Å². The van der Waals surface area contributed by atoms with Crippen molar-refractivity contribution in [3.63, 3.8) is 0 Å². The Balaban J connectivity index is 2.04. The third-order valence-electron chi connectivity index (χ3n) is 3.04. The standard InChI is InChI=1S/C9H11N5O4S/c15-1-3-5(16)6(17)9(18-3)14-2-10-4-7(14)11-13-12-8(4)19/h2-3,5-6,9,15-17H,1H2,(H,11,12,19)/p-1/t3-,5-,6-,9-/m1/s1. The molecule has 10 heteroatoms. The first kappa shape index (κ1) is 12.6. The van der Waals surface area contributed by atoms with Crippen LogP contribution in [-0.4, -0.2) is 65.2 Å². The Morgan fingerprint density at radius 1 is 1.32 bits per heavy atom. The molecule has 102 valence electrons. The van der Waals surface area contributed by atoms with Gasteiger partial charge < -0.3 is 32.7 Å². The maximum Gasteiger partial charge on any atom is 0.186 e. The van der Waals surface area contributed by atoms with E-state index >= 15 is 0 Å². The number of hydrogen-bond donors (Lipinski definition) is 3. The minimum atomic E-state index is -1.21. The number of nitrogens with zero attached hydrogens (tertiary/aromatic N) is 5. The molecule has 1 fully saturated rings. The Bertz CT molecular complexity index is 607. The van der Waals surface area contributed by atoms with Crippen LogP contribution in [0.3, 0.4) is 0 Å². The van der Waals surface area contributed by atoms with E-state index in [2.05, 4.69) is 20.4 Å². The van der Waals surface area contributed by atoms with Gasteiger partial charge in [0.15, 0.2) is 11.9 Å². The molecule has 2 aromatic rings. The van der Waals surface area contributed by atoms with Gasteiger partial charge in [0, 0.05) is 0 Å². The van der Waals surface area contributed by atoms with Crippen molar-refractivity contribution in [2.75, 3.05) is 6.61 Å². The summed E-state index contributed by atoms with van der Waals surface area (Å²) in [4.78, 5) is 4.03. The quantitative estimate of drug-likeness (QED) is 0.523. The normalized spacial score (nSPS) is 31.1. The molecule has 1 saturated heterocycles. The summed E-state index contributed by atoms with van der Waals surface area (Å²) >= 11 is 4.96. The molecule has 1 aliphatic heterocycles. The molecule has 3 rings (SSSR count). The molecule has 2 aromatic heterocycles. The maximum atomic E-state index is 9.93. The van der Waals surface area contributed by atoms with E-state index in [1.165, 1.54) is 10.9 Å². The summed E-state index contributed by atoms with van der Waals surface area (Å²) in [7, 11) is 0. The van der Waals surface area contributed by atoms with Crippen LogP contribution in [0.4, 0.5) is 0 Å². The molecule has 0 radical (unpaired) electrons. The minimum Gasteiger partial charge on any atom is -0.756 e. The summed E-state index contributed by atoms with van der Waals surface area (Å²) in [6, 6.07) is 0. The fourth-order valence-corrected chi connectivity index (χ4v) is 2.23. The molecule has 0 amide bonds. The molecule has 0 unspecified atom stereocenters. The predicted molar refractivity (Wildman–Crippen MR) is 61.8 cm³/mol. The summed E-state index contributed by atoms with van der Waals surface area (Å²) in [6.07, 6.45) is -2.81. The Morgan fingerprint density at radius 2 is 2.11 bits per heavy atom. The number of aromatic nitrogens is 5. The Labute approximate surface area is 112 Å². The molecule has 0 aromatic carbocycles. The summed E-state index contributed by atoms with van der Waals surface area (Å²) in [5.74, 6) is 0. The predicted octanol–water partition coefficient (Wildman–Crippen LogP) is -2.26. The Hall–Kier alpha value is -1.46. The van der Waals surface area contributed by atoms with Crippen molar-refractivity contribution in [1.82, 2.24) is 25.0 Å². The van der Waals surface area contributed by atoms with Crippen LogP contribution in [0.1, 0.15) is 6.23 Å². The summed E-state index contributed by atoms with van der Waals surface area (Å²) in [5.41, 5.74) is 0.664.